The Hall–Kier alpha value is -0.550. The number of alkyl halides is 3. The van der Waals surface area contributed by atoms with Gasteiger partial charge in [-0.15, -0.1) is 11.3 Å². The summed E-state index contributed by atoms with van der Waals surface area (Å²) >= 11 is 1.61. The van der Waals surface area contributed by atoms with E-state index in [1.54, 1.807) is 11.3 Å². The molecule has 1 nitrogen and oxygen atoms in total. The van der Waals surface area contributed by atoms with Crippen molar-refractivity contribution in [3.8, 4) is 0 Å². The number of aryl methyl sites for hydroxylation is 1. The van der Waals surface area contributed by atoms with E-state index in [1.807, 2.05) is 25.3 Å². The Morgan fingerprint density at radius 3 is 2.58 bits per heavy atom. The minimum Gasteiger partial charge on any atom is -0.306 e. The summed E-state index contributed by atoms with van der Waals surface area (Å²) in [5, 5.41) is 5.20. The zero-order valence-electron chi connectivity index (χ0n) is 11.3. The van der Waals surface area contributed by atoms with Gasteiger partial charge in [-0.3, -0.25) is 0 Å². The van der Waals surface area contributed by atoms with Crippen LogP contribution >= 0.6 is 11.3 Å². The van der Waals surface area contributed by atoms with Gasteiger partial charge in [-0.05, 0) is 43.7 Å². The third kappa shape index (κ3) is 3.51. The van der Waals surface area contributed by atoms with Gasteiger partial charge in [0.05, 0.1) is 5.92 Å². The van der Waals surface area contributed by atoms with Gasteiger partial charge in [0, 0.05) is 17.0 Å². The van der Waals surface area contributed by atoms with E-state index >= 15 is 0 Å². The lowest BCUT2D eigenvalue weighted by atomic mass is 9.83. The molecule has 0 aliphatic heterocycles. The Morgan fingerprint density at radius 1 is 1.32 bits per heavy atom. The quantitative estimate of drug-likeness (QED) is 0.841. The number of thiophene rings is 1. The van der Waals surface area contributed by atoms with Crippen LogP contribution in [0.15, 0.2) is 11.4 Å². The van der Waals surface area contributed by atoms with Crippen molar-refractivity contribution in [3.05, 3.63) is 21.9 Å². The second-order valence-corrected chi connectivity index (χ2v) is 6.34. The largest absolute Gasteiger partial charge is 0.393 e. The van der Waals surface area contributed by atoms with Crippen LogP contribution in [0.5, 0.6) is 0 Å². The Balaban J connectivity index is 2.06. The van der Waals surface area contributed by atoms with Gasteiger partial charge in [-0.2, -0.15) is 13.2 Å². The molecule has 1 aromatic rings. The smallest absolute Gasteiger partial charge is 0.306 e. The molecule has 0 aromatic carbocycles. The third-order valence-corrected chi connectivity index (χ3v) is 5.15. The Kier molecular flexibility index (Phi) is 4.56. The van der Waals surface area contributed by atoms with Crippen molar-refractivity contribution in [2.45, 2.75) is 57.8 Å². The Morgan fingerprint density at radius 2 is 2.00 bits per heavy atom. The van der Waals surface area contributed by atoms with Crippen LogP contribution < -0.4 is 5.32 Å². The SMILES string of the molecule is Cc1ccsc1C(C)NC1CCCCC1C(F)(F)F. The number of halogens is 3. The Labute approximate surface area is 116 Å². The van der Waals surface area contributed by atoms with Crippen LogP contribution in [-0.2, 0) is 0 Å². The normalized spacial score (nSPS) is 26.4. The summed E-state index contributed by atoms with van der Waals surface area (Å²) in [6.45, 7) is 3.97. The van der Waals surface area contributed by atoms with Crippen LogP contribution in [0, 0.1) is 12.8 Å². The molecule has 1 fully saturated rings. The van der Waals surface area contributed by atoms with Crippen molar-refractivity contribution in [2.24, 2.45) is 5.92 Å². The van der Waals surface area contributed by atoms with Crippen LogP contribution in [0.2, 0.25) is 0 Å². The van der Waals surface area contributed by atoms with Crippen molar-refractivity contribution in [3.63, 3.8) is 0 Å². The molecule has 2 rings (SSSR count). The highest BCUT2D eigenvalue weighted by Gasteiger charge is 2.45. The number of nitrogens with one attached hydrogen (secondary N) is 1. The molecule has 1 saturated carbocycles. The lowest BCUT2D eigenvalue weighted by Crippen LogP contribution is -2.46. The number of hydrogen-bond acceptors (Lipinski definition) is 2. The van der Waals surface area contributed by atoms with E-state index in [0.717, 1.165) is 16.9 Å². The average molecular weight is 291 g/mol. The fraction of sp³-hybridized carbons (Fsp3) is 0.714. The molecule has 1 aromatic heterocycles. The van der Waals surface area contributed by atoms with Crippen molar-refractivity contribution >= 4 is 11.3 Å². The maximum absolute atomic E-state index is 13.0. The van der Waals surface area contributed by atoms with E-state index in [2.05, 4.69) is 5.32 Å². The highest BCUT2D eigenvalue weighted by Crippen LogP contribution is 2.39. The molecule has 1 N–H and O–H groups in total. The van der Waals surface area contributed by atoms with Gasteiger partial charge in [-0.25, -0.2) is 0 Å². The fourth-order valence-electron chi connectivity index (χ4n) is 2.95. The van der Waals surface area contributed by atoms with Crippen molar-refractivity contribution in [2.75, 3.05) is 0 Å². The van der Waals surface area contributed by atoms with E-state index in [4.69, 9.17) is 0 Å². The first-order valence-electron chi connectivity index (χ1n) is 6.76. The van der Waals surface area contributed by atoms with Gasteiger partial charge < -0.3 is 5.32 Å². The molecule has 1 aliphatic rings. The summed E-state index contributed by atoms with van der Waals surface area (Å²) in [7, 11) is 0. The van der Waals surface area contributed by atoms with E-state index in [-0.39, 0.29) is 12.5 Å². The van der Waals surface area contributed by atoms with E-state index < -0.39 is 18.1 Å². The zero-order valence-corrected chi connectivity index (χ0v) is 12.1. The van der Waals surface area contributed by atoms with Gasteiger partial charge in [0.15, 0.2) is 0 Å². The highest BCUT2D eigenvalue weighted by molar-refractivity contribution is 7.10. The first kappa shape index (κ1) is 14.9. The van der Waals surface area contributed by atoms with Crippen molar-refractivity contribution < 1.29 is 13.2 Å². The number of rotatable bonds is 3. The molecule has 19 heavy (non-hydrogen) atoms. The standard InChI is InChI=1S/C14H20F3NS/c1-9-7-8-19-13(9)10(2)18-12-6-4-3-5-11(12)14(15,16)17/h7-8,10-12,18H,3-6H2,1-2H3. The first-order chi connectivity index (χ1) is 8.89. The number of hydrogen-bond donors (Lipinski definition) is 1. The molecular formula is C14H20F3NS. The van der Waals surface area contributed by atoms with Crippen LogP contribution in [0.25, 0.3) is 0 Å². The summed E-state index contributed by atoms with van der Waals surface area (Å²) in [5.74, 6) is -1.19. The maximum Gasteiger partial charge on any atom is 0.393 e. The molecule has 0 saturated heterocycles. The molecule has 108 valence electrons. The second kappa shape index (κ2) is 5.83. The minimum atomic E-state index is -4.08. The molecule has 1 heterocycles. The summed E-state index contributed by atoms with van der Waals surface area (Å²) in [6.07, 6.45) is -1.62. The highest BCUT2D eigenvalue weighted by atomic mass is 32.1. The fourth-order valence-corrected chi connectivity index (χ4v) is 3.89. The molecule has 3 atom stereocenters. The molecule has 3 unspecified atom stereocenters. The summed E-state index contributed by atoms with van der Waals surface area (Å²) < 4.78 is 39.1. The molecule has 5 heteroatoms. The topological polar surface area (TPSA) is 12.0 Å². The van der Waals surface area contributed by atoms with E-state index in [9.17, 15) is 13.2 Å². The monoisotopic (exact) mass is 291 g/mol. The molecule has 0 radical (unpaired) electrons. The van der Waals surface area contributed by atoms with E-state index in [0.29, 0.717) is 12.8 Å². The van der Waals surface area contributed by atoms with Crippen molar-refractivity contribution in [1.82, 2.24) is 5.32 Å². The van der Waals surface area contributed by atoms with Gasteiger partial charge in [0.1, 0.15) is 0 Å². The lowest BCUT2D eigenvalue weighted by molar-refractivity contribution is -0.189. The summed E-state index contributed by atoms with van der Waals surface area (Å²) in [6, 6.07) is 1.57. The van der Waals surface area contributed by atoms with Crippen LogP contribution in [-0.4, -0.2) is 12.2 Å². The summed E-state index contributed by atoms with van der Waals surface area (Å²) in [5.41, 5.74) is 1.16. The van der Waals surface area contributed by atoms with Gasteiger partial charge in [0.2, 0.25) is 0 Å². The lowest BCUT2D eigenvalue weighted by Gasteiger charge is -2.35. The molecule has 0 amide bonds. The molecule has 1 aliphatic carbocycles. The molecular weight excluding hydrogens is 271 g/mol. The van der Waals surface area contributed by atoms with E-state index in [1.165, 1.54) is 0 Å². The third-order valence-electron chi connectivity index (χ3n) is 3.95. The molecule has 0 spiro atoms. The van der Waals surface area contributed by atoms with Crippen LogP contribution in [0.1, 0.15) is 49.1 Å². The summed E-state index contributed by atoms with van der Waals surface area (Å²) in [4.78, 5) is 1.14. The predicted molar refractivity (Wildman–Crippen MR) is 72.4 cm³/mol. The van der Waals surface area contributed by atoms with Crippen LogP contribution in [0.3, 0.4) is 0 Å². The second-order valence-electron chi connectivity index (χ2n) is 5.40. The average Bonchev–Trinajstić information content (AvgIpc) is 2.75. The molecule has 0 bridgehead atoms. The van der Waals surface area contributed by atoms with Crippen molar-refractivity contribution in [1.29, 1.82) is 0 Å². The first-order valence-corrected chi connectivity index (χ1v) is 7.64. The predicted octanol–water partition coefficient (Wildman–Crippen LogP) is 4.83. The van der Waals surface area contributed by atoms with Crippen LogP contribution in [0.4, 0.5) is 13.2 Å². The zero-order chi connectivity index (χ0) is 14.0. The maximum atomic E-state index is 13.0. The van der Waals surface area contributed by atoms with Gasteiger partial charge >= 0.3 is 6.18 Å². The Bertz CT molecular complexity index is 413. The minimum absolute atomic E-state index is 0.00653. The van der Waals surface area contributed by atoms with Gasteiger partial charge in [0.25, 0.3) is 0 Å². The van der Waals surface area contributed by atoms with Gasteiger partial charge in [-0.1, -0.05) is 12.8 Å².